The van der Waals surface area contributed by atoms with Crippen LogP contribution in [0.25, 0.3) is 10.9 Å². The predicted octanol–water partition coefficient (Wildman–Crippen LogP) is 4.02. The van der Waals surface area contributed by atoms with Crippen molar-refractivity contribution >= 4 is 22.6 Å². The van der Waals surface area contributed by atoms with Gasteiger partial charge in [0.05, 0.1) is 24.3 Å². The number of hydrogen-bond donors (Lipinski definition) is 2. The molecule has 0 radical (unpaired) electrons. The number of nitrogens with one attached hydrogen (secondary N) is 2. The van der Waals surface area contributed by atoms with Crippen molar-refractivity contribution in [3.05, 3.63) is 57.9 Å². The molecule has 2 aliphatic heterocycles. The summed E-state index contributed by atoms with van der Waals surface area (Å²) in [5, 5.41) is 4.56. The molecular weight excluding hydrogens is 376 g/mol. The number of H-pyrrole nitrogens is 1. The molecule has 0 bridgehead atoms. The quantitative estimate of drug-likeness (QED) is 0.689. The van der Waals surface area contributed by atoms with Gasteiger partial charge < -0.3 is 19.9 Å². The Morgan fingerprint density at radius 1 is 1.23 bits per heavy atom. The Labute approximate surface area is 176 Å². The van der Waals surface area contributed by atoms with E-state index in [1.165, 1.54) is 16.7 Å². The van der Waals surface area contributed by atoms with Crippen LogP contribution < -0.4 is 5.32 Å². The van der Waals surface area contributed by atoms with E-state index in [0.717, 1.165) is 40.9 Å². The number of pyridine rings is 1. The molecule has 0 saturated carbocycles. The highest BCUT2D eigenvalue weighted by Crippen LogP contribution is 2.39. The largest absolute Gasteiger partial charge is 0.376 e. The Morgan fingerprint density at radius 2 is 1.97 bits per heavy atom. The predicted molar refractivity (Wildman–Crippen MR) is 118 cm³/mol. The van der Waals surface area contributed by atoms with Crippen molar-refractivity contribution in [1.82, 2.24) is 14.9 Å². The van der Waals surface area contributed by atoms with Crippen molar-refractivity contribution in [3.8, 4) is 0 Å². The number of aromatic nitrogens is 2. The van der Waals surface area contributed by atoms with E-state index in [4.69, 9.17) is 9.72 Å². The Hall–Kier alpha value is -2.86. The van der Waals surface area contributed by atoms with E-state index in [-0.39, 0.29) is 11.4 Å². The highest BCUT2D eigenvalue weighted by Gasteiger charge is 2.53. The lowest BCUT2D eigenvalue weighted by Gasteiger charge is -2.57. The summed E-state index contributed by atoms with van der Waals surface area (Å²) in [5.41, 5.74) is 7.37. The number of aromatic amines is 1. The van der Waals surface area contributed by atoms with Crippen LogP contribution in [0.15, 0.2) is 24.3 Å². The van der Waals surface area contributed by atoms with Crippen molar-refractivity contribution in [2.75, 3.05) is 25.1 Å². The van der Waals surface area contributed by atoms with Crippen LogP contribution in [0.2, 0.25) is 0 Å². The lowest BCUT2D eigenvalue weighted by molar-refractivity contribution is -0.172. The van der Waals surface area contributed by atoms with Crippen LogP contribution in [0.1, 0.15) is 44.9 Å². The third kappa shape index (κ3) is 2.82. The number of ether oxygens (including phenoxy) is 1. The molecule has 1 spiro atoms. The lowest BCUT2D eigenvalue weighted by atomic mass is 9.82. The number of anilines is 1. The van der Waals surface area contributed by atoms with Gasteiger partial charge in [-0.25, -0.2) is 4.98 Å². The highest BCUT2D eigenvalue weighted by molar-refractivity contribution is 6.01. The average Bonchev–Trinajstić information content (AvgIpc) is 2.93. The molecular formula is C24H28N4O2. The maximum absolute atomic E-state index is 13.3. The van der Waals surface area contributed by atoms with Gasteiger partial charge in [-0.3, -0.25) is 4.79 Å². The van der Waals surface area contributed by atoms with Crippen molar-refractivity contribution in [2.24, 2.45) is 0 Å². The first-order chi connectivity index (χ1) is 14.4. The van der Waals surface area contributed by atoms with E-state index in [1.54, 1.807) is 0 Å². The first-order valence-corrected chi connectivity index (χ1v) is 10.6. The second-order valence-electron chi connectivity index (χ2n) is 8.80. The summed E-state index contributed by atoms with van der Waals surface area (Å²) < 4.78 is 5.39. The van der Waals surface area contributed by atoms with Gasteiger partial charge >= 0.3 is 0 Å². The summed E-state index contributed by atoms with van der Waals surface area (Å²) >= 11 is 0. The molecule has 0 aliphatic carbocycles. The first kappa shape index (κ1) is 19.1. The van der Waals surface area contributed by atoms with Crippen LogP contribution in [0.4, 0.5) is 5.82 Å². The molecule has 4 heterocycles. The van der Waals surface area contributed by atoms with Crippen LogP contribution >= 0.6 is 0 Å². The number of hydrogen-bond acceptors (Lipinski definition) is 4. The molecule has 156 valence electrons. The Morgan fingerprint density at radius 3 is 2.57 bits per heavy atom. The van der Waals surface area contributed by atoms with Gasteiger partial charge in [0, 0.05) is 24.2 Å². The van der Waals surface area contributed by atoms with E-state index in [9.17, 15) is 4.79 Å². The fourth-order valence-electron chi connectivity index (χ4n) is 4.62. The molecule has 6 nitrogen and oxygen atoms in total. The number of benzene rings is 1. The van der Waals surface area contributed by atoms with Gasteiger partial charge in [-0.1, -0.05) is 18.2 Å². The zero-order valence-corrected chi connectivity index (χ0v) is 18.1. The molecule has 1 amide bonds. The number of amides is 1. The second kappa shape index (κ2) is 6.84. The zero-order valence-electron chi connectivity index (χ0n) is 18.1. The molecule has 2 saturated heterocycles. The summed E-state index contributed by atoms with van der Waals surface area (Å²) in [5.74, 6) is 0.731. The van der Waals surface area contributed by atoms with Crippen LogP contribution in [-0.2, 0) is 11.3 Å². The SMILES string of the molecule is Cc1cccc(C)c1CNc1nc(C(=O)N2CCC23COC3)cc2c(C)c(C)[nH]c12. The number of likely N-dealkylation sites (tertiary alicyclic amines) is 1. The molecule has 0 unspecified atom stereocenters. The van der Waals surface area contributed by atoms with Gasteiger partial charge in [-0.15, -0.1) is 0 Å². The van der Waals surface area contributed by atoms with Crippen LogP contribution in [-0.4, -0.2) is 46.1 Å². The molecule has 1 aromatic carbocycles. The van der Waals surface area contributed by atoms with Gasteiger partial charge in [0.15, 0.2) is 5.82 Å². The van der Waals surface area contributed by atoms with E-state index < -0.39 is 0 Å². The number of aryl methyl sites for hydroxylation is 4. The molecule has 2 N–H and O–H groups in total. The minimum absolute atomic E-state index is 0.000162. The van der Waals surface area contributed by atoms with Gasteiger partial charge in [0.2, 0.25) is 0 Å². The van der Waals surface area contributed by atoms with Gasteiger partial charge in [0.25, 0.3) is 5.91 Å². The molecule has 6 heteroatoms. The first-order valence-electron chi connectivity index (χ1n) is 10.6. The average molecular weight is 405 g/mol. The van der Waals surface area contributed by atoms with E-state index in [1.807, 2.05) is 11.0 Å². The zero-order chi connectivity index (χ0) is 21.0. The van der Waals surface area contributed by atoms with Gasteiger partial charge in [-0.05, 0) is 62.4 Å². The molecule has 0 atom stereocenters. The van der Waals surface area contributed by atoms with Crippen molar-refractivity contribution in [1.29, 1.82) is 0 Å². The van der Waals surface area contributed by atoms with E-state index in [2.05, 4.69) is 56.2 Å². The lowest BCUT2D eigenvalue weighted by Crippen LogP contribution is -2.72. The molecule has 30 heavy (non-hydrogen) atoms. The Kier molecular flexibility index (Phi) is 4.36. The Balaban J connectivity index is 1.52. The third-order valence-electron chi connectivity index (χ3n) is 6.95. The maximum atomic E-state index is 13.3. The molecule has 2 aliphatic rings. The van der Waals surface area contributed by atoms with Crippen LogP contribution in [0, 0.1) is 27.7 Å². The summed E-state index contributed by atoms with van der Waals surface area (Å²) in [6.45, 7) is 11.1. The smallest absolute Gasteiger partial charge is 0.273 e. The van der Waals surface area contributed by atoms with Crippen molar-refractivity contribution in [3.63, 3.8) is 0 Å². The molecule has 2 aromatic heterocycles. The standard InChI is InChI=1S/C24H28N4O2/c1-14-6-5-7-15(2)19(14)11-25-22-21-18(16(3)17(4)26-21)10-20(27-22)23(29)28-9-8-24(28)12-30-13-24/h5-7,10,26H,8-9,11-13H2,1-4H3,(H,25,27). The van der Waals surface area contributed by atoms with Gasteiger partial charge in [-0.2, -0.15) is 0 Å². The van der Waals surface area contributed by atoms with Gasteiger partial charge in [0.1, 0.15) is 5.69 Å². The molecule has 2 fully saturated rings. The number of rotatable bonds is 4. The summed E-state index contributed by atoms with van der Waals surface area (Å²) in [4.78, 5) is 23.5. The third-order valence-corrected chi connectivity index (χ3v) is 6.95. The Bertz CT molecular complexity index is 1130. The molecule has 3 aromatic rings. The van der Waals surface area contributed by atoms with E-state index >= 15 is 0 Å². The van der Waals surface area contributed by atoms with Crippen molar-refractivity contribution < 1.29 is 9.53 Å². The normalized spacial score (nSPS) is 17.1. The van der Waals surface area contributed by atoms with Crippen molar-refractivity contribution in [2.45, 2.75) is 46.2 Å². The summed E-state index contributed by atoms with van der Waals surface area (Å²) in [7, 11) is 0. The van der Waals surface area contributed by atoms with Crippen LogP contribution in [0.3, 0.4) is 0 Å². The number of fused-ring (bicyclic) bond motifs is 1. The maximum Gasteiger partial charge on any atom is 0.273 e. The number of nitrogens with zero attached hydrogens (tertiary/aromatic N) is 2. The second-order valence-corrected chi connectivity index (χ2v) is 8.80. The summed E-state index contributed by atoms with van der Waals surface area (Å²) in [6.07, 6.45) is 1.01. The minimum atomic E-state index is -0.0946. The van der Waals surface area contributed by atoms with E-state index in [0.29, 0.717) is 25.5 Å². The van der Waals surface area contributed by atoms with Crippen LogP contribution in [0.5, 0.6) is 0 Å². The number of carbonyl (C=O) groups excluding carboxylic acids is 1. The number of carbonyl (C=O) groups is 1. The fourth-order valence-corrected chi connectivity index (χ4v) is 4.62. The topological polar surface area (TPSA) is 70.2 Å². The fraction of sp³-hybridized carbons (Fsp3) is 0.417. The monoisotopic (exact) mass is 404 g/mol. The minimum Gasteiger partial charge on any atom is -0.376 e. The summed E-state index contributed by atoms with van der Waals surface area (Å²) in [6, 6.07) is 8.26. The molecule has 5 rings (SSSR count). The highest BCUT2D eigenvalue weighted by atomic mass is 16.5.